The molecule has 2 nitrogen and oxygen atoms in total. The van der Waals surface area contributed by atoms with Crippen molar-refractivity contribution in [1.82, 2.24) is 4.98 Å². The average molecular weight is 279 g/mol. The highest BCUT2D eigenvalue weighted by Crippen LogP contribution is 2.25. The zero-order chi connectivity index (χ0) is 12.8. The fraction of sp³-hybridized carbons (Fsp3) is 0.357. The summed E-state index contributed by atoms with van der Waals surface area (Å²) >= 11 is 3.52. The minimum absolute atomic E-state index is 0.276. The lowest BCUT2D eigenvalue weighted by atomic mass is 10.2. The summed E-state index contributed by atoms with van der Waals surface area (Å²) in [6.45, 7) is 2.37. The lowest BCUT2D eigenvalue weighted by molar-refractivity contribution is 0.296. The van der Waals surface area contributed by atoms with Crippen LogP contribution in [0.4, 0.5) is 0 Å². The molecule has 2 aromatic rings. The summed E-state index contributed by atoms with van der Waals surface area (Å²) in [6, 6.07) is 8.48. The fourth-order valence-electron chi connectivity index (χ4n) is 1.55. The number of thioether (sulfide) groups is 1. The molecule has 1 aromatic heterocycles. The van der Waals surface area contributed by atoms with Crippen LogP contribution in [0.5, 0.6) is 0 Å². The molecular formula is C14H17NOS2. The molecule has 1 heterocycles. The van der Waals surface area contributed by atoms with E-state index in [1.807, 2.05) is 11.8 Å². The number of aliphatic hydroxyl groups excluding tert-OH is 1. The van der Waals surface area contributed by atoms with Crippen LogP contribution in [0.2, 0.25) is 0 Å². The highest BCUT2D eigenvalue weighted by molar-refractivity contribution is 7.98. The van der Waals surface area contributed by atoms with E-state index in [1.165, 1.54) is 11.1 Å². The number of aliphatic hydroxyl groups is 1. The Kier molecular flexibility index (Phi) is 5.23. The molecule has 2 rings (SSSR count). The molecule has 0 unspecified atom stereocenters. The van der Waals surface area contributed by atoms with Crippen LogP contribution in [-0.4, -0.2) is 22.5 Å². The van der Waals surface area contributed by atoms with Gasteiger partial charge >= 0.3 is 0 Å². The Hall–Kier alpha value is -0.840. The second-order valence-electron chi connectivity index (χ2n) is 4.14. The normalized spacial score (nSPS) is 10.8. The number of thiazole rings is 1. The summed E-state index contributed by atoms with van der Waals surface area (Å²) in [5.41, 5.74) is 3.60. The molecule has 0 saturated heterocycles. The van der Waals surface area contributed by atoms with E-state index in [-0.39, 0.29) is 6.61 Å². The van der Waals surface area contributed by atoms with Crippen molar-refractivity contribution in [2.45, 2.75) is 19.1 Å². The molecule has 0 aliphatic heterocycles. The number of hydrogen-bond acceptors (Lipinski definition) is 4. The topological polar surface area (TPSA) is 33.1 Å². The molecule has 0 radical (unpaired) electrons. The van der Waals surface area contributed by atoms with Gasteiger partial charge in [0, 0.05) is 23.3 Å². The maximum atomic E-state index is 8.71. The average Bonchev–Trinajstić information content (AvgIpc) is 2.84. The highest BCUT2D eigenvalue weighted by Gasteiger charge is 2.04. The summed E-state index contributed by atoms with van der Waals surface area (Å²) in [6.07, 6.45) is 0.861. The van der Waals surface area contributed by atoms with Gasteiger partial charge in [-0.2, -0.15) is 11.8 Å². The van der Waals surface area contributed by atoms with E-state index in [0.29, 0.717) is 0 Å². The Morgan fingerprint density at radius 2 is 2.06 bits per heavy atom. The first-order chi connectivity index (χ1) is 8.79. The first kappa shape index (κ1) is 13.6. The van der Waals surface area contributed by atoms with Crippen LogP contribution in [0.15, 0.2) is 29.6 Å². The van der Waals surface area contributed by atoms with Gasteiger partial charge in [0.1, 0.15) is 5.01 Å². The van der Waals surface area contributed by atoms with Gasteiger partial charge in [0.25, 0.3) is 0 Å². The maximum Gasteiger partial charge on any atom is 0.123 e. The van der Waals surface area contributed by atoms with Gasteiger partial charge in [-0.15, -0.1) is 11.3 Å². The van der Waals surface area contributed by atoms with Crippen LogP contribution < -0.4 is 0 Å². The van der Waals surface area contributed by atoms with E-state index in [0.717, 1.165) is 28.6 Å². The number of nitrogens with zero attached hydrogens (tertiary/aromatic N) is 1. The molecule has 96 valence electrons. The third-order valence-corrected chi connectivity index (χ3v) is 4.56. The predicted molar refractivity (Wildman–Crippen MR) is 80.2 cm³/mol. The Balaban J connectivity index is 1.95. The van der Waals surface area contributed by atoms with Crippen molar-refractivity contribution in [2.24, 2.45) is 0 Å². The molecule has 0 bridgehead atoms. The molecule has 0 spiro atoms. The first-order valence-corrected chi connectivity index (χ1v) is 8.03. The predicted octanol–water partition coefficient (Wildman–Crippen LogP) is 3.73. The SMILES string of the molecule is Cc1ccc(-c2nc(CSCCCO)cs2)cc1. The molecule has 18 heavy (non-hydrogen) atoms. The molecule has 1 N–H and O–H groups in total. The van der Waals surface area contributed by atoms with E-state index in [1.54, 1.807) is 11.3 Å². The fourth-order valence-corrected chi connectivity index (χ4v) is 3.31. The van der Waals surface area contributed by atoms with Gasteiger partial charge in [-0.1, -0.05) is 29.8 Å². The largest absolute Gasteiger partial charge is 0.396 e. The molecular weight excluding hydrogens is 262 g/mol. The summed E-state index contributed by atoms with van der Waals surface area (Å²) < 4.78 is 0. The molecule has 1 aromatic carbocycles. The Morgan fingerprint density at radius 3 is 2.78 bits per heavy atom. The van der Waals surface area contributed by atoms with Crippen LogP contribution in [-0.2, 0) is 5.75 Å². The van der Waals surface area contributed by atoms with Gasteiger partial charge in [0.15, 0.2) is 0 Å². The molecule has 0 atom stereocenters. The van der Waals surface area contributed by atoms with Crippen LogP contribution in [0.1, 0.15) is 17.7 Å². The minimum atomic E-state index is 0.276. The van der Waals surface area contributed by atoms with Crippen LogP contribution >= 0.6 is 23.1 Å². The summed E-state index contributed by atoms with van der Waals surface area (Å²) in [7, 11) is 0. The Bertz CT molecular complexity index is 479. The van der Waals surface area contributed by atoms with Crippen LogP contribution in [0.3, 0.4) is 0 Å². The van der Waals surface area contributed by atoms with Crippen molar-refractivity contribution < 1.29 is 5.11 Å². The molecule has 0 aliphatic carbocycles. The van der Waals surface area contributed by atoms with Crippen molar-refractivity contribution >= 4 is 23.1 Å². The van der Waals surface area contributed by atoms with E-state index in [2.05, 4.69) is 41.6 Å². The Labute approximate surface area is 116 Å². The van der Waals surface area contributed by atoms with Crippen molar-refractivity contribution in [1.29, 1.82) is 0 Å². The van der Waals surface area contributed by atoms with Crippen molar-refractivity contribution in [3.8, 4) is 10.6 Å². The van der Waals surface area contributed by atoms with Gasteiger partial charge in [0.2, 0.25) is 0 Å². The van der Waals surface area contributed by atoms with Gasteiger partial charge in [-0.25, -0.2) is 4.98 Å². The molecule has 0 fully saturated rings. The lowest BCUT2D eigenvalue weighted by Gasteiger charge is -1.98. The Morgan fingerprint density at radius 1 is 1.28 bits per heavy atom. The summed E-state index contributed by atoms with van der Waals surface area (Å²) in [5.74, 6) is 1.93. The number of aromatic nitrogens is 1. The monoisotopic (exact) mass is 279 g/mol. The summed E-state index contributed by atoms with van der Waals surface area (Å²) in [5, 5.41) is 11.9. The number of rotatable bonds is 6. The lowest BCUT2D eigenvalue weighted by Crippen LogP contribution is -1.87. The van der Waals surface area contributed by atoms with E-state index in [4.69, 9.17) is 5.11 Å². The van der Waals surface area contributed by atoms with Crippen molar-refractivity contribution in [3.05, 3.63) is 40.9 Å². The quantitative estimate of drug-likeness (QED) is 0.818. The number of aryl methyl sites for hydroxylation is 1. The minimum Gasteiger partial charge on any atom is -0.396 e. The third-order valence-electron chi connectivity index (χ3n) is 2.55. The number of hydrogen-bond donors (Lipinski definition) is 1. The maximum absolute atomic E-state index is 8.71. The summed E-state index contributed by atoms with van der Waals surface area (Å²) in [4.78, 5) is 4.64. The van der Waals surface area contributed by atoms with Gasteiger partial charge in [-0.3, -0.25) is 0 Å². The molecule has 0 aliphatic rings. The van der Waals surface area contributed by atoms with E-state index >= 15 is 0 Å². The number of benzene rings is 1. The van der Waals surface area contributed by atoms with Gasteiger partial charge < -0.3 is 5.11 Å². The van der Waals surface area contributed by atoms with E-state index < -0.39 is 0 Å². The zero-order valence-electron chi connectivity index (χ0n) is 10.4. The van der Waals surface area contributed by atoms with Crippen LogP contribution in [0.25, 0.3) is 10.6 Å². The van der Waals surface area contributed by atoms with E-state index in [9.17, 15) is 0 Å². The van der Waals surface area contributed by atoms with Crippen molar-refractivity contribution in [3.63, 3.8) is 0 Å². The van der Waals surface area contributed by atoms with Gasteiger partial charge in [0.05, 0.1) is 5.69 Å². The smallest absolute Gasteiger partial charge is 0.123 e. The second kappa shape index (κ2) is 6.92. The third kappa shape index (κ3) is 3.83. The standard InChI is InChI=1S/C14H17NOS2/c1-11-3-5-12(6-4-11)14-15-13(10-18-14)9-17-8-2-7-16/h3-6,10,16H,2,7-9H2,1H3. The van der Waals surface area contributed by atoms with Crippen molar-refractivity contribution in [2.75, 3.05) is 12.4 Å². The molecule has 0 amide bonds. The van der Waals surface area contributed by atoms with Crippen LogP contribution in [0, 0.1) is 6.92 Å². The highest BCUT2D eigenvalue weighted by atomic mass is 32.2. The second-order valence-corrected chi connectivity index (χ2v) is 6.10. The molecule has 0 saturated carbocycles. The van der Waals surface area contributed by atoms with Gasteiger partial charge in [-0.05, 0) is 19.1 Å². The first-order valence-electron chi connectivity index (χ1n) is 5.99. The molecule has 4 heteroatoms. The zero-order valence-corrected chi connectivity index (χ0v) is 12.1.